The van der Waals surface area contributed by atoms with Crippen LogP contribution in [0.2, 0.25) is 0 Å². The molecule has 90 valence electrons. The predicted molar refractivity (Wildman–Crippen MR) is 71.8 cm³/mol. The number of urea groups is 1. The number of amides is 2. The van der Waals surface area contributed by atoms with Crippen LogP contribution in [0.4, 0.5) is 16.2 Å². The number of nitrogens with one attached hydrogen (secondary N) is 1. The molecule has 0 unspecified atom stereocenters. The van der Waals surface area contributed by atoms with Crippen LogP contribution in [-0.4, -0.2) is 24.0 Å². The normalized spacial score (nSPS) is 9.41. The average Bonchev–Trinajstić information content (AvgIpc) is 2.32. The summed E-state index contributed by atoms with van der Waals surface area (Å²) < 4.78 is 0. The van der Waals surface area contributed by atoms with E-state index in [0.717, 1.165) is 0 Å². The summed E-state index contributed by atoms with van der Waals surface area (Å²) in [6.07, 6.45) is 3.33. The van der Waals surface area contributed by atoms with Gasteiger partial charge in [0.25, 0.3) is 0 Å². The molecule has 0 aliphatic rings. The van der Waals surface area contributed by atoms with Gasteiger partial charge in [0, 0.05) is 13.1 Å². The molecule has 0 atom stereocenters. The van der Waals surface area contributed by atoms with E-state index in [9.17, 15) is 4.79 Å². The molecule has 4 nitrogen and oxygen atoms in total. The number of carbonyl (C=O) groups excluding carboxylic acids is 1. The van der Waals surface area contributed by atoms with Gasteiger partial charge in [-0.25, -0.2) is 4.79 Å². The van der Waals surface area contributed by atoms with Crippen molar-refractivity contribution in [1.82, 2.24) is 4.90 Å². The molecule has 1 rings (SSSR count). The number of hydrogen-bond donors (Lipinski definition) is 2. The third-order valence-corrected chi connectivity index (χ3v) is 2.19. The van der Waals surface area contributed by atoms with Crippen molar-refractivity contribution < 1.29 is 4.79 Å². The van der Waals surface area contributed by atoms with Gasteiger partial charge in [-0.3, -0.25) is 0 Å². The summed E-state index contributed by atoms with van der Waals surface area (Å²) >= 11 is 0. The number of nitrogen functional groups attached to an aromatic ring is 1. The van der Waals surface area contributed by atoms with Gasteiger partial charge in [0.15, 0.2) is 0 Å². The fraction of sp³-hybridized carbons (Fsp3) is 0.154. The zero-order valence-corrected chi connectivity index (χ0v) is 9.73. The van der Waals surface area contributed by atoms with E-state index >= 15 is 0 Å². The largest absolute Gasteiger partial charge is 0.397 e. The van der Waals surface area contributed by atoms with Crippen molar-refractivity contribution in [2.45, 2.75) is 0 Å². The molecule has 0 fully saturated rings. The molecule has 0 spiro atoms. The Balaban J connectivity index is 2.72. The van der Waals surface area contributed by atoms with Crippen LogP contribution >= 0.6 is 0 Å². The van der Waals surface area contributed by atoms with Gasteiger partial charge in [-0.1, -0.05) is 24.3 Å². The minimum absolute atomic E-state index is 0.220. The van der Waals surface area contributed by atoms with Crippen LogP contribution in [0.25, 0.3) is 0 Å². The third kappa shape index (κ3) is 3.68. The van der Waals surface area contributed by atoms with Crippen molar-refractivity contribution in [3.63, 3.8) is 0 Å². The topological polar surface area (TPSA) is 58.4 Å². The minimum Gasteiger partial charge on any atom is -0.397 e. The Hall–Kier alpha value is -2.23. The summed E-state index contributed by atoms with van der Waals surface area (Å²) in [5.41, 5.74) is 6.89. The summed E-state index contributed by atoms with van der Waals surface area (Å²) in [4.78, 5) is 13.5. The first-order valence-corrected chi connectivity index (χ1v) is 5.31. The first-order valence-electron chi connectivity index (χ1n) is 5.31. The standard InChI is InChI=1S/C13H17N3O/c1-3-9-16(10-4-2)13(17)15-12-8-6-5-7-11(12)14/h3-8H,1-2,9-10,14H2,(H,15,17). The molecule has 0 aromatic heterocycles. The number of carbonyl (C=O) groups is 1. The van der Waals surface area contributed by atoms with E-state index in [-0.39, 0.29) is 6.03 Å². The van der Waals surface area contributed by atoms with E-state index in [2.05, 4.69) is 18.5 Å². The van der Waals surface area contributed by atoms with E-state index in [4.69, 9.17) is 5.73 Å². The van der Waals surface area contributed by atoms with Crippen molar-refractivity contribution in [2.24, 2.45) is 0 Å². The van der Waals surface area contributed by atoms with Crippen molar-refractivity contribution in [3.8, 4) is 0 Å². The van der Waals surface area contributed by atoms with Crippen LogP contribution in [0, 0.1) is 0 Å². The fourth-order valence-corrected chi connectivity index (χ4v) is 1.36. The number of benzene rings is 1. The molecule has 1 aromatic carbocycles. The summed E-state index contributed by atoms with van der Waals surface area (Å²) in [5, 5.41) is 2.75. The first kappa shape index (κ1) is 12.8. The highest BCUT2D eigenvalue weighted by atomic mass is 16.2. The van der Waals surface area contributed by atoms with Gasteiger partial charge in [0.05, 0.1) is 11.4 Å². The molecular weight excluding hydrogens is 214 g/mol. The predicted octanol–water partition coefficient (Wildman–Crippen LogP) is 2.47. The van der Waals surface area contributed by atoms with Gasteiger partial charge in [-0.05, 0) is 12.1 Å². The van der Waals surface area contributed by atoms with Crippen LogP contribution in [0.5, 0.6) is 0 Å². The smallest absolute Gasteiger partial charge is 0.322 e. The van der Waals surface area contributed by atoms with Crippen LogP contribution < -0.4 is 11.1 Å². The van der Waals surface area contributed by atoms with Crippen molar-refractivity contribution >= 4 is 17.4 Å². The lowest BCUT2D eigenvalue weighted by atomic mass is 10.3. The maximum atomic E-state index is 11.9. The third-order valence-electron chi connectivity index (χ3n) is 2.19. The van der Waals surface area contributed by atoms with E-state index in [0.29, 0.717) is 24.5 Å². The Bertz CT molecular complexity index is 405. The molecule has 0 aliphatic carbocycles. The van der Waals surface area contributed by atoms with Crippen molar-refractivity contribution in [2.75, 3.05) is 24.1 Å². The lowest BCUT2D eigenvalue weighted by molar-refractivity contribution is 0.222. The highest BCUT2D eigenvalue weighted by Gasteiger charge is 2.11. The minimum atomic E-state index is -0.220. The zero-order chi connectivity index (χ0) is 12.7. The van der Waals surface area contributed by atoms with Crippen molar-refractivity contribution in [1.29, 1.82) is 0 Å². The molecule has 0 aliphatic heterocycles. The molecular formula is C13H17N3O. The quantitative estimate of drug-likeness (QED) is 0.604. The van der Waals surface area contributed by atoms with Crippen LogP contribution in [0.1, 0.15) is 0 Å². The Labute approximate surface area is 101 Å². The molecule has 0 radical (unpaired) electrons. The highest BCUT2D eigenvalue weighted by Crippen LogP contribution is 2.17. The second-order valence-corrected chi connectivity index (χ2v) is 3.50. The molecule has 17 heavy (non-hydrogen) atoms. The molecule has 4 heteroatoms. The maximum Gasteiger partial charge on any atom is 0.322 e. The highest BCUT2D eigenvalue weighted by molar-refractivity contribution is 5.92. The van der Waals surface area contributed by atoms with E-state index in [1.54, 1.807) is 29.2 Å². The Morgan fingerprint density at radius 3 is 2.41 bits per heavy atom. The lowest BCUT2D eigenvalue weighted by Gasteiger charge is -2.20. The number of nitrogens with two attached hydrogens (primary N) is 1. The number of nitrogens with zero attached hydrogens (tertiary/aromatic N) is 1. The van der Waals surface area contributed by atoms with Gasteiger partial charge in [-0.2, -0.15) is 0 Å². The Morgan fingerprint density at radius 2 is 1.88 bits per heavy atom. The fourth-order valence-electron chi connectivity index (χ4n) is 1.36. The van der Waals surface area contributed by atoms with Gasteiger partial charge in [0.1, 0.15) is 0 Å². The summed E-state index contributed by atoms with van der Waals surface area (Å²) in [6, 6.07) is 6.91. The van der Waals surface area contributed by atoms with Gasteiger partial charge >= 0.3 is 6.03 Å². The number of anilines is 2. The van der Waals surface area contributed by atoms with Crippen LogP contribution in [0.15, 0.2) is 49.6 Å². The molecule has 0 heterocycles. The second kappa shape index (κ2) is 6.37. The van der Waals surface area contributed by atoms with E-state index in [1.165, 1.54) is 0 Å². The van der Waals surface area contributed by atoms with Crippen molar-refractivity contribution in [3.05, 3.63) is 49.6 Å². The summed E-state index contributed by atoms with van der Waals surface area (Å²) in [6.45, 7) is 8.14. The zero-order valence-electron chi connectivity index (χ0n) is 9.73. The summed E-state index contributed by atoms with van der Waals surface area (Å²) in [5.74, 6) is 0. The molecule has 1 aromatic rings. The van der Waals surface area contributed by atoms with E-state index < -0.39 is 0 Å². The molecule has 0 bridgehead atoms. The number of para-hydroxylation sites is 2. The average molecular weight is 231 g/mol. The number of rotatable bonds is 5. The van der Waals surface area contributed by atoms with E-state index in [1.807, 2.05) is 12.1 Å². The number of hydrogen-bond acceptors (Lipinski definition) is 2. The van der Waals surface area contributed by atoms with Gasteiger partial charge < -0.3 is 16.0 Å². The van der Waals surface area contributed by atoms with Gasteiger partial charge in [0.2, 0.25) is 0 Å². The Morgan fingerprint density at radius 1 is 1.29 bits per heavy atom. The SMILES string of the molecule is C=CCN(CC=C)C(=O)Nc1ccccc1N. The molecule has 0 saturated carbocycles. The summed E-state index contributed by atoms with van der Waals surface area (Å²) in [7, 11) is 0. The molecule has 0 saturated heterocycles. The first-order chi connectivity index (χ1) is 8.19. The monoisotopic (exact) mass is 231 g/mol. The molecule has 3 N–H and O–H groups in total. The lowest BCUT2D eigenvalue weighted by Crippen LogP contribution is -2.35. The molecule has 2 amide bonds. The van der Waals surface area contributed by atoms with Gasteiger partial charge in [-0.15, -0.1) is 13.2 Å². The maximum absolute atomic E-state index is 11.9. The van der Waals surface area contributed by atoms with Crippen LogP contribution in [-0.2, 0) is 0 Å². The second-order valence-electron chi connectivity index (χ2n) is 3.50. The van der Waals surface area contributed by atoms with Crippen LogP contribution in [0.3, 0.4) is 0 Å². The Kier molecular flexibility index (Phi) is 4.81.